The monoisotopic (exact) mass is 842 g/mol. The van der Waals surface area contributed by atoms with Crippen molar-refractivity contribution in [2.24, 2.45) is 5.73 Å². The number of rotatable bonds is 15. The third kappa shape index (κ3) is 12.0. The van der Waals surface area contributed by atoms with Crippen molar-refractivity contribution in [3.63, 3.8) is 0 Å². The number of hydrogen-bond donors (Lipinski definition) is 2. The van der Waals surface area contributed by atoms with Gasteiger partial charge in [-0.25, -0.2) is 14.4 Å². The number of aromatic nitrogens is 2. The Balaban J connectivity index is 0.000000213. The minimum atomic E-state index is -1.06. The van der Waals surface area contributed by atoms with Crippen molar-refractivity contribution in [1.82, 2.24) is 15.3 Å². The summed E-state index contributed by atoms with van der Waals surface area (Å²) in [7, 11) is 0. The first kappa shape index (κ1) is 43.0. The number of aryl methyl sites for hydroxylation is 2. The Morgan fingerprint density at radius 1 is 0.633 bits per heavy atom. The molecule has 4 aromatic heterocycles. The van der Waals surface area contributed by atoms with E-state index in [0.717, 1.165) is 37.1 Å². The highest BCUT2D eigenvalue weighted by Gasteiger charge is 2.26. The van der Waals surface area contributed by atoms with Gasteiger partial charge in [0.25, 0.3) is 0 Å². The zero-order valence-electron chi connectivity index (χ0n) is 32.9. The van der Waals surface area contributed by atoms with Crippen molar-refractivity contribution in [2.45, 2.75) is 58.2 Å². The number of nitrogens with two attached hydrogens (primary N) is 1. The summed E-state index contributed by atoms with van der Waals surface area (Å²) in [6.45, 7) is 4.01. The summed E-state index contributed by atoms with van der Waals surface area (Å²) in [5, 5.41) is 2.55. The molecule has 3 aromatic carbocycles. The lowest BCUT2D eigenvalue weighted by atomic mass is 10.1. The van der Waals surface area contributed by atoms with E-state index in [9.17, 15) is 24.0 Å². The molecule has 3 N–H and O–H groups in total. The SMILES string of the molecule is Cc1ccnc2cc(C(=O)CC[C@@H](N)C(=O)Oc3ccccc3)sc12.Cc1ccnc2cc(C(=O)CC[C@@H](NC(=O)OCc3ccccc3)C(=O)Oc3ccccc3)sc12. The lowest BCUT2D eigenvalue weighted by Crippen LogP contribution is -2.43. The van der Waals surface area contributed by atoms with Gasteiger partial charge in [-0.2, -0.15) is 0 Å². The van der Waals surface area contributed by atoms with E-state index in [-0.39, 0.29) is 43.9 Å². The second-order valence-corrected chi connectivity index (χ2v) is 15.8. The van der Waals surface area contributed by atoms with Crippen molar-refractivity contribution in [1.29, 1.82) is 0 Å². The molecule has 0 saturated heterocycles. The van der Waals surface area contributed by atoms with Gasteiger partial charge in [0.15, 0.2) is 11.6 Å². The Morgan fingerprint density at radius 3 is 1.60 bits per heavy atom. The van der Waals surface area contributed by atoms with E-state index in [0.29, 0.717) is 21.3 Å². The predicted octanol–water partition coefficient (Wildman–Crippen LogP) is 8.97. The van der Waals surface area contributed by atoms with Crippen LogP contribution in [0.15, 0.2) is 128 Å². The van der Waals surface area contributed by atoms with Gasteiger partial charge < -0.3 is 25.3 Å². The highest BCUT2D eigenvalue weighted by atomic mass is 32.1. The summed E-state index contributed by atoms with van der Waals surface area (Å²) in [6, 6.07) is 32.0. The predicted molar refractivity (Wildman–Crippen MR) is 232 cm³/mol. The lowest BCUT2D eigenvalue weighted by Gasteiger charge is -2.17. The maximum absolute atomic E-state index is 12.9. The molecular formula is C46H42N4O8S2. The molecular weight excluding hydrogens is 801 g/mol. The molecule has 0 aliphatic heterocycles. The molecule has 0 aliphatic carbocycles. The molecule has 60 heavy (non-hydrogen) atoms. The normalized spacial score (nSPS) is 11.8. The van der Waals surface area contributed by atoms with Gasteiger partial charge in [-0.05, 0) is 91.9 Å². The quantitative estimate of drug-likeness (QED) is 0.0572. The third-order valence-corrected chi connectivity index (χ3v) is 11.7. The average molecular weight is 843 g/mol. The Morgan fingerprint density at radius 2 is 1.10 bits per heavy atom. The minimum Gasteiger partial charge on any atom is -0.445 e. The summed E-state index contributed by atoms with van der Waals surface area (Å²) in [6.07, 6.45) is 3.21. The van der Waals surface area contributed by atoms with Crippen LogP contribution < -0.4 is 20.5 Å². The van der Waals surface area contributed by atoms with Crippen LogP contribution in [-0.2, 0) is 20.9 Å². The van der Waals surface area contributed by atoms with Crippen LogP contribution in [0, 0.1) is 13.8 Å². The molecule has 0 radical (unpaired) electrons. The van der Waals surface area contributed by atoms with Crippen LogP contribution in [0.5, 0.6) is 11.5 Å². The Bertz CT molecular complexity index is 2580. The van der Waals surface area contributed by atoms with E-state index in [1.165, 1.54) is 22.7 Å². The van der Waals surface area contributed by atoms with Gasteiger partial charge in [-0.1, -0.05) is 66.7 Å². The van der Waals surface area contributed by atoms with Crippen molar-refractivity contribution < 1.29 is 38.2 Å². The summed E-state index contributed by atoms with van der Waals surface area (Å²) < 4.78 is 17.8. The van der Waals surface area contributed by atoms with Crippen molar-refractivity contribution in [3.8, 4) is 11.5 Å². The Kier molecular flexibility index (Phi) is 15.0. The highest BCUT2D eigenvalue weighted by molar-refractivity contribution is 7.21. The average Bonchev–Trinajstić information content (AvgIpc) is 3.92. The van der Waals surface area contributed by atoms with E-state index in [1.54, 1.807) is 79.1 Å². The summed E-state index contributed by atoms with van der Waals surface area (Å²) in [4.78, 5) is 72.3. The van der Waals surface area contributed by atoms with Crippen LogP contribution in [0.25, 0.3) is 20.4 Å². The number of nitrogens with zero attached hydrogens (tertiary/aromatic N) is 2. The van der Waals surface area contributed by atoms with Crippen LogP contribution in [0.1, 0.15) is 61.7 Å². The molecule has 1 amide bonds. The molecule has 0 aliphatic rings. The topological polar surface area (TPSA) is 177 Å². The fourth-order valence-electron chi connectivity index (χ4n) is 5.84. The van der Waals surface area contributed by atoms with Crippen LogP contribution in [-0.4, -0.2) is 51.6 Å². The first-order valence-corrected chi connectivity index (χ1v) is 20.7. The Labute approximate surface area is 354 Å². The molecule has 2 atom stereocenters. The number of ether oxygens (including phenoxy) is 3. The van der Waals surface area contributed by atoms with Gasteiger partial charge in [0.2, 0.25) is 0 Å². The molecule has 12 nitrogen and oxygen atoms in total. The largest absolute Gasteiger partial charge is 0.445 e. The number of thiophene rings is 2. The van der Waals surface area contributed by atoms with E-state index in [2.05, 4.69) is 15.3 Å². The van der Waals surface area contributed by atoms with Crippen LogP contribution in [0.2, 0.25) is 0 Å². The number of ketones is 2. The maximum Gasteiger partial charge on any atom is 0.408 e. The van der Waals surface area contributed by atoms with Crippen molar-refractivity contribution >= 4 is 72.7 Å². The number of hydrogen-bond acceptors (Lipinski definition) is 13. The fraction of sp³-hybridized carbons (Fsp3) is 0.196. The Hall–Kier alpha value is -6.61. The summed E-state index contributed by atoms with van der Waals surface area (Å²) >= 11 is 2.80. The minimum absolute atomic E-state index is 0.0367. The zero-order chi connectivity index (χ0) is 42.4. The van der Waals surface area contributed by atoms with Gasteiger partial charge in [-0.15, -0.1) is 22.7 Å². The smallest absolute Gasteiger partial charge is 0.408 e. The van der Waals surface area contributed by atoms with Crippen molar-refractivity contribution in [3.05, 3.63) is 154 Å². The second-order valence-electron chi connectivity index (χ2n) is 13.7. The van der Waals surface area contributed by atoms with Crippen LogP contribution >= 0.6 is 22.7 Å². The van der Waals surface area contributed by atoms with E-state index in [4.69, 9.17) is 19.9 Å². The number of para-hydroxylation sites is 2. The number of pyridine rings is 2. The molecule has 0 saturated carbocycles. The number of alkyl carbamates (subject to hydrolysis) is 1. The van der Waals surface area contributed by atoms with Gasteiger partial charge >= 0.3 is 18.0 Å². The number of benzene rings is 3. The molecule has 0 spiro atoms. The molecule has 4 heterocycles. The zero-order valence-corrected chi connectivity index (χ0v) is 34.5. The van der Waals surface area contributed by atoms with E-state index >= 15 is 0 Å². The standard InChI is InChI=1S/C27H24N2O5S.C19H18N2O3S/c1-18-14-15-28-22-16-24(35-25(18)22)23(30)13-12-21(26(31)34-20-10-6-3-7-11-20)29-27(32)33-17-19-8-4-2-5-9-19;1-12-9-10-21-15-11-17(25-18(12)15)16(22)8-7-14(20)19(23)24-13-5-3-2-4-6-13/h2-11,14-16,21H,12-13,17H2,1H3,(H,29,32);2-6,9-11,14H,7-8,20H2,1H3/t21-;14-/m11/s1. The fourth-order valence-corrected chi connectivity index (χ4v) is 7.95. The third-order valence-electron chi connectivity index (χ3n) is 9.13. The first-order valence-electron chi connectivity index (χ1n) is 19.1. The molecule has 0 bridgehead atoms. The van der Waals surface area contributed by atoms with Gasteiger partial charge in [-0.3, -0.25) is 19.6 Å². The van der Waals surface area contributed by atoms with Gasteiger partial charge in [0.1, 0.15) is 30.2 Å². The number of fused-ring (bicyclic) bond motifs is 2. The van der Waals surface area contributed by atoms with E-state index in [1.807, 2.05) is 62.4 Å². The molecule has 7 rings (SSSR count). The lowest BCUT2D eigenvalue weighted by molar-refractivity contribution is -0.137. The summed E-state index contributed by atoms with van der Waals surface area (Å²) in [5.41, 5.74) is 10.4. The van der Waals surface area contributed by atoms with Gasteiger partial charge in [0, 0.05) is 25.2 Å². The summed E-state index contributed by atoms with van der Waals surface area (Å²) in [5.74, 6) is -0.586. The number of Topliss-reactive ketones (excluding diaryl/α,β-unsaturated/α-hetero) is 2. The molecule has 7 aromatic rings. The molecule has 306 valence electrons. The maximum atomic E-state index is 12.9. The molecule has 0 unspecified atom stereocenters. The van der Waals surface area contributed by atoms with Crippen LogP contribution in [0.3, 0.4) is 0 Å². The number of esters is 2. The highest BCUT2D eigenvalue weighted by Crippen LogP contribution is 2.29. The van der Waals surface area contributed by atoms with E-state index < -0.39 is 30.1 Å². The van der Waals surface area contributed by atoms with Gasteiger partial charge in [0.05, 0.1) is 30.2 Å². The van der Waals surface area contributed by atoms with Crippen LogP contribution in [0.4, 0.5) is 4.79 Å². The number of carbonyl (C=O) groups excluding carboxylic acids is 5. The first-order chi connectivity index (χ1) is 29.0. The van der Waals surface area contributed by atoms with Crippen molar-refractivity contribution in [2.75, 3.05) is 0 Å². The number of nitrogens with one attached hydrogen (secondary N) is 1. The molecule has 14 heteroatoms. The second kappa shape index (κ2) is 20.9. The molecule has 0 fully saturated rings. The number of amides is 1. The number of carbonyl (C=O) groups is 5.